The molecule has 5 nitrogen and oxygen atoms in total. The zero-order valence-corrected chi connectivity index (χ0v) is 15.0. The number of fused-ring (bicyclic) bond motifs is 1. The summed E-state index contributed by atoms with van der Waals surface area (Å²) in [6.45, 7) is 4.20. The molecule has 1 aliphatic heterocycles. The fourth-order valence-corrected chi connectivity index (χ4v) is 3.40. The maximum Gasteiger partial charge on any atom is 0.262 e. The first-order chi connectivity index (χ1) is 12.0. The fourth-order valence-electron chi connectivity index (χ4n) is 2.45. The van der Waals surface area contributed by atoms with E-state index in [-0.39, 0.29) is 18.4 Å². The number of thioether (sulfide) groups is 1. The van der Waals surface area contributed by atoms with Crippen LogP contribution in [0, 0.1) is 13.8 Å². The number of carbonyl (C=O) groups excluding carboxylic acids is 2. The van der Waals surface area contributed by atoms with Crippen LogP contribution in [0.15, 0.2) is 41.3 Å². The molecule has 6 heteroatoms. The highest BCUT2D eigenvalue weighted by Gasteiger charge is 2.16. The Morgan fingerprint density at radius 3 is 2.84 bits per heavy atom. The predicted octanol–water partition coefficient (Wildman–Crippen LogP) is 3.76. The molecule has 2 aromatic rings. The van der Waals surface area contributed by atoms with Crippen molar-refractivity contribution in [2.75, 3.05) is 23.0 Å². The van der Waals surface area contributed by atoms with Crippen molar-refractivity contribution in [1.29, 1.82) is 0 Å². The number of aryl methyl sites for hydroxylation is 2. The summed E-state index contributed by atoms with van der Waals surface area (Å²) in [5.41, 5.74) is 3.75. The van der Waals surface area contributed by atoms with Gasteiger partial charge in [0, 0.05) is 22.8 Å². The normalized spacial score (nSPS) is 12.8. The summed E-state index contributed by atoms with van der Waals surface area (Å²) < 4.78 is 5.30. The quantitative estimate of drug-likeness (QED) is 0.801. The topological polar surface area (TPSA) is 67.4 Å². The lowest BCUT2D eigenvalue weighted by molar-refractivity contribution is -0.118. The maximum atomic E-state index is 12.1. The third-order valence-electron chi connectivity index (χ3n) is 3.97. The van der Waals surface area contributed by atoms with Gasteiger partial charge in [-0.05, 0) is 55.3 Å². The van der Waals surface area contributed by atoms with Gasteiger partial charge in [0.25, 0.3) is 5.91 Å². The molecule has 0 aliphatic carbocycles. The number of carbonyl (C=O) groups is 2. The van der Waals surface area contributed by atoms with Crippen molar-refractivity contribution in [1.82, 2.24) is 0 Å². The molecule has 0 saturated carbocycles. The smallest absolute Gasteiger partial charge is 0.262 e. The van der Waals surface area contributed by atoms with Crippen LogP contribution in [0.2, 0.25) is 0 Å². The monoisotopic (exact) mass is 356 g/mol. The van der Waals surface area contributed by atoms with Gasteiger partial charge in [-0.3, -0.25) is 9.59 Å². The van der Waals surface area contributed by atoms with Crippen LogP contribution in [0.3, 0.4) is 0 Å². The Labute approximate surface area is 151 Å². The van der Waals surface area contributed by atoms with Crippen LogP contribution in [0.1, 0.15) is 17.5 Å². The number of ether oxygens (including phenoxy) is 1. The number of anilines is 2. The van der Waals surface area contributed by atoms with Gasteiger partial charge in [0.15, 0.2) is 6.61 Å². The summed E-state index contributed by atoms with van der Waals surface area (Å²) in [5, 5.41) is 5.58. The summed E-state index contributed by atoms with van der Waals surface area (Å²) in [4.78, 5) is 24.6. The van der Waals surface area contributed by atoms with E-state index in [1.807, 2.05) is 0 Å². The molecule has 2 amide bonds. The van der Waals surface area contributed by atoms with Crippen molar-refractivity contribution in [3.05, 3.63) is 47.5 Å². The number of hydrogen-bond acceptors (Lipinski definition) is 4. The highest BCUT2D eigenvalue weighted by Crippen LogP contribution is 2.30. The summed E-state index contributed by atoms with van der Waals surface area (Å²) in [6, 6.07) is 11.5. The van der Waals surface area contributed by atoms with E-state index >= 15 is 0 Å². The van der Waals surface area contributed by atoms with Crippen molar-refractivity contribution < 1.29 is 14.3 Å². The van der Waals surface area contributed by atoms with Gasteiger partial charge in [-0.25, -0.2) is 0 Å². The van der Waals surface area contributed by atoms with E-state index in [9.17, 15) is 9.59 Å². The second-order valence-corrected chi connectivity index (χ2v) is 7.11. The van der Waals surface area contributed by atoms with Gasteiger partial charge in [-0.15, -0.1) is 11.8 Å². The molecule has 0 fully saturated rings. The fraction of sp³-hybridized carbons (Fsp3) is 0.263. The van der Waals surface area contributed by atoms with Crippen LogP contribution in [0.5, 0.6) is 5.75 Å². The van der Waals surface area contributed by atoms with E-state index < -0.39 is 0 Å². The van der Waals surface area contributed by atoms with E-state index in [4.69, 9.17) is 4.74 Å². The molecule has 0 radical (unpaired) electrons. The van der Waals surface area contributed by atoms with E-state index in [0.717, 1.165) is 0 Å². The third-order valence-corrected chi connectivity index (χ3v) is 4.97. The largest absolute Gasteiger partial charge is 0.482 e. The molecule has 0 atom stereocenters. The van der Waals surface area contributed by atoms with E-state index in [1.54, 1.807) is 30.0 Å². The van der Waals surface area contributed by atoms with Gasteiger partial charge in [0.05, 0.1) is 5.69 Å². The molecule has 2 aromatic carbocycles. The maximum absolute atomic E-state index is 12.1. The Hall–Kier alpha value is -2.47. The first kappa shape index (κ1) is 17.4. The highest BCUT2D eigenvalue weighted by atomic mass is 32.2. The molecule has 3 rings (SSSR count). The van der Waals surface area contributed by atoms with Gasteiger partial charge < -0.3 is 15.4 Å². The average Bonchev–Trinajstić information content (AvgIpc) is 2.57. The molecule has 0 unspecified atom stereocenters. The average molecular weight is 356 g/mol. The van der Waals surface area contributed by atoms with Crippen LogP contribution in [-0.2, 0) is 9.59 Å². The number of rotatable bonds is 5. The summed E-state index contributed by atoms with van der Waals surface area (Å²) in [7, 11) is 0. The zero-order valence-electron chi connectivity index (χ0n) is 14.2. The minimum Gasteiger partial charge on any atom is -0.482 e. The number of benzene rings is 2. The Morgan fingerprint density at radius 2 is 2.04 bits per heavy atom. The lowest BCUT2D eigenvalue weighted by Crippen LogP contribution is -2.25. The Kier molecular flexibility index (Phi) is 5.28. The van der Waals surface area contributed by atoms with Crippen molar-refractivity contribution in [3.63, 3.8) is 0 Å². The minimum atomic E-state index is -0.194. The molecule has 2 N–H and O–H groups in total. The van der Waals surface area contributed by atoms with Gasteiger partial charge in [-0.1, -0.05) is 6.07 Å². The minimum absolute atomic E-state index is 0.0222. The Balaban J connectivity index is 1.51. The highest BCUT2D eigenvalue weighted by molar-refractivity contribution is 7.99. The van der Waals surface area contributed by atoms with Crippen LogP contribution in [-0.4, -0.2) is 24.2 Å². The SMILES string of the molecule is Cc1ccc(SCCC(=O)Nc2ccc3c(c2)NC(=O)CO3)cc1C. The van der Waals surface area contributed by atoms with Crippen LogP contribution in [0.25, 0.3) is 0 Å². The molecular weight excluding hydrogens is 336 g/mol. The Bertz CT molecular complexity index is 820. The summed E-state index contributed by atoms with van der Waals surface area (Å²) in [5.74, 6) is 1.07. The molecule has 130 valence electrons. The van der Waals surface area contributed by atoms with Crippen molar-refractivity contribution in [3.8, 4) is 5.75 Å². The molecule has 1 aliphatic rings. The van der Waals surface area contributed by atoms with E-state index in [2.05, 4.69) is 42.7 Å². The second kappa shape index (κ2) is 7.61. The molecule has 25 heavy (non-hydrogen) atoms. The predicted molar refractivity (Wildman–Crippen MR) is 100 cm³/mol. The third kappa shape index (κ3) is 4.54. The van der Waals surface area contributed by atoms with Gasteiger partial charge in [-0.2, -0.15) is 0 Å². The molecule has 0 aromatic heterocycles. The first-order valence-corrected chi connectivity index (χ1v) is 9.06. The standard InChI is InChI=1S/C19H20N2O3S/c1-12-3-5-15(9-13(12)2)25-8-7-18(22)20-14-4-6-17-16(10-14)21-19(23)11-24-17/h3-6,9-10H,7-8,11H2,1-2H3,(H,20,22)(H,21,23). The van der Waals surface area contributed by atoms with Gasteiger partial charge in [0.2, 0.25) is 5.91 Å². The van der Waals surface area contributed by atoms with Crippen LogP contribution < -0.4 is 15.4 Å². The second-order valence-electron chi connectivity index (χ2n) is 5.94. The molecule has 1 heterocycles. The van der Waals surface area contributed by atoms with E-state index in [0.29, 0.717) is 29.3 Å². The van der Waals surface area contributed by atoms with Crippen molar-refractivity contribution in [2.24, 2.45) is 0 Å². The number of amides is 2. The number of nitrogens with one attached hydrogen (secondary N) is 2. The first-order valence-electron chi connectivity index (χ1n) is 8.08. The van der Waals surface area contributed by atoms with Crippen LogP contribution >= 0.6 is 11.8 Å². The Morgan fingerprint density at radius 1 is 1.20 bits per heavy atom. The molecule has 0 spiro atoms. The van der Waals surface area contributed by atoms with Crippen molar-refractivity contribution in [2.45, 2.75) is 25.2 Å². The summed E-state index contributed by atoms with van der Waals surface area (Å²) >= 11 is 1.67. The lowest BCUT2D eigenvalue weighted by Gasteiger charge is -2.18. The lowest BCUT2D eigenvalue weighted by atomic mass is 10.1. The van der Waals surface area contributed by atoms with E-state index in [1.165, 1.54) is 16.0 Å². The van der Waals surface area contributed by atoms with Gasteiger partial charge in [0.1, 0.15) is 5.75 Å². The molecular formula is C19H20N2O3S. The molecule has 0 bridgehead atoms. The zero-order chi connectivity index (χ0) is 17.8. The summed E-state index contributed by atoms with van der Waals surface area (Å²) in [6.07, 6.45) is 0.414. The van der Waals surface area contributed by atoms with Crippen LogP contribution in [0.4, 0.5) is 11.4 Å². The number of hydrogen-bond donors (Lipinski definition) is 2. The van der Waals surface area contributed by atoms with Gasteiger partial charge >= 0.3 is 0 Å². The van der Waals surface area contributed by atoms with Crippen molar-refractivity contribution >= 4 is 35.0 Å². The molecule has 0 saturated heterocycles.